The molecule has 2 aliphatic heterocycles. The Kier molecular flexibility index (Phi) is 6.62. The number of aliphatic hydroxyl groups excluding tert-OH is 1. The summed E-state index contributed by atoms with van der Waals surface area (Å²) in [5.74, 6) is -2.52. The number of carbonyl (C=O) groups excluding carboxylic acids is 1. The fraction of sp³-hybridized carbons (Fsp3) is 0.792. The van der Waals surface area contributed by atoms with Gasteiger partial charge in [0.2, 0.25) is 0 Å². The van der Waals surface area contributed by atoms with Crippen LogP contribution in [0.1, 0.15) is 58.2 Å². The van der Waals surface area contributed by atoms with Crippen molar-refractivity contribution in [2.45, 2.75) is 83.4 Å². The van der Waals surface area contributed by atoms with Crippen LogP contribution in [-0.2, 0) is 17.8 Å². The summed E-state index contributed by atoms with van der Waals surface area (Å²) in [4.78, 5) is 26.4. The quantitative estimate of drug-likeness (QED) is 0.592. The van der Waals surface area contributed by atoms with Gasteiger partial charge in [0.25, 0.3) is 5.92 Å². The predicted molar refractivity (Wildman–Crippen MR) is 127 cm³/mol. The highest BCUT2D eigenvalue weighted by molar-refractivity contribution is 5.70. The van der Waals surface area contributed by atoms with E-state index in [2.05, 4.69) is 9.97 Å². The van der Waals surface area contributed by atoms with Crippen molar-refractivity contribution in [1.82, 2.24) is 19.8 Å². The van der Waals surface area contributed by atoms with Crippen molar-refractivity contribution in [3.05, 3.63) is 11.3 Å². The highest BCUT2D eigenvalue weighted by Crippen LogP contribution is 2.60. The normalized spacial score (nSPS) is 29.4. The first-order valence-corrected chi connectivity index (χ1v) is 12.2. The molecule has 1 saturated heterocycles. The number of aromatic nitrogens is 2. The molecule has 4 rings (SSSR count). The number of amides is 1. The molecule has 3 heterocycles. The SMILES string of the molecule is CN(C)C[C@@]1(COc2nc3c(c(N4CCCC(C)(O)[C@H]4O)n2)CN(C(=O)OC(C)(C)C)C3)CC1(F)F. The molecule has 1 saturated carbocycles. The molecular formula is C24H37F2N5O5. The van der Waals surface area contributed by atoms with Crippen LogP contribution in [0.25, 0.3) is 0 Å². The van der Waals surface area contributed by atoms with Crippen LogP contribution in [0.5, 0.6) is 6.01 Å². The zero-order valence-corrected chi connectivity index (χ0v) is 21.8. The van der Waals surface area contributed by atoms with Crippen molar-refractivity contribution in [2.24, 2.45) is 5.41 Å². The van der Waals surface area contributed by atoms with Gasteiger partial charge in [0, 0.05) is 25.1 Å². The second kappa shape index (κ2) is 8.91. The van der Waals surface area contributed by atoms with E-state index in [1.165, 1.54) is 4.90 Å². The average Bonchev–Trinajstić information content (AvgIpc) is 3.05. The fourth-order valence-electron chi connectivity index (χ4n) is 4.95. The Balaban J connectivity index is 1.64. The van der Waals surface area contributed by atoms with Crippen LogP contribution >= 0.6 is 0 Å². The summed E-state index contributed by atoms with van der Waals surface area (Å²) in [6.45, 7) is 7.43. The first-order chi connectivity index (χ1) is 16.5. The summed E-state index contributed by atoms with van der Waals surface area (Å²) in [6, 6.07) is -0.104. The number of alkyl halides is 2. The van der Waals surface area contributed by atoms with Crippen molar-refractivity contribution in [3.8, 4) is 6.01 Å². The van der Waals surface area contributed by atoms with E-state index in [1.54, 1.807) is 51.6 Å². The third-order valence-corrected chi connectivity index (χ3v) is 6.90. The zero-order valence-electron chi connectivity index (χ0n) is 21.8. The lowest BCUT2D eigenvalue weighted by atomic mass is 9.92. The maximum atomic E-state index is 14.2. The lowest BCUT2D eigenvalue weighted by Crippen LogP contribution is -2.56. The smallest absolute Gasteiger partial charge is 0.410 e. The van der Waals surface area contributed by atoms with E-state index in [-0.39, 0.29) is 38.7 Å². The number of nitrogens with zero attached hydrogens (tertiary/aromatic N) is 5. The maximum absolute atomic E-state index is 14.2. The molecule has 12 heteroatoms. The van der Waals surface area contributed by atoms with Gasteiger partial charge in [-0.15, -0.1) is 0 Å². The van der Waals surface area contributed by atoms with Gasteiger partial charge in [-0.1, -0.05) is 0 Å². The summed E-state index contributed by atoms with van der Waals surface area (Å²) < 4.78 is 39.7. The summed E-state index contributed by atoms with van der Waals surface area (Å²) in [5, 5.41) is 21.6. The lowest BCUT2D eigenvalue weighted by Gasteiger charge is -2.43. The predicted octanol–water partition coefficient (Wildman–Crippen LogP) is 2.36. The van der Waals surface area contributed by atoms with Crippen LogP contribution in [-0.4, -0.2) is 93.2 Å². The Morgan fingerprint density at radius 1 is 1.25 bits per heavy atom. The Hall–Kier alpha value is -2.31. The second-order valence-corrected chi connectivity index (χ2v) is 11.8. The number of anilines is 1. The highest BCUT2D eigenvalue weighted by atomic mass is 19.3. The molecule has 0 bridgehead atoms. The minimum atomic E-state index is -2.84. The highest BCUT2D eigenvalue weighted by Gasteiger charge is 2.71. The van der Waals surface area contributed by atoms with Crippen molar-refractivity contribution in [3.63, 3.8) is 0 Å². The van der Waals surface area contributed by atoms with E-state index in [1.807, 2.05) is 0 Å². The van der Waals surface area contributed by atoms with Gasteiger partial charge in [0.05, 0.1) is 24.2 Å². The summed E-state index contributed by atoms with van der Waals surface area (Å²) >= 11 is 0. The number of aliphatic hydroxyl groups is 2. The van der Waals surface area contributed by atoms with Crippen LogP contribution < -0.4 is 9.64 Å². The van der Waals surface area contributed by atoms with E-state index in [9.17, 15) is 23.8 Å². The number of ether oxygens (including phenoxy) is 2. The lowest BCUT2D eigenvalue weighted by molar-refractivity contribution is -0.0810. The molecule has 3 aliphatic rings. The molecule has 202 valence electrons. The summed E-state index contributed by atoms with van der Waals surface area (Å²) in [5.41, 5.74) is -2.29. The number of rotatable bonds is 6. The average molecular weight is 514 g/mol. The number of hydrogen-bond acceptors (Lipinski definition) is 9. The Morgan fingerprint density at radius 3 is 2.50 bits per heavy atom. The number of piperidine rings is 1. The molecule has 1 aliphatic carbocycles. The van der Waals surface area contributed by atoms with Crippen molar-refractivity contribution in [2.75, 3.05) is 38.7 Å². The standard InChI is InChI=1S/C24H37F2N5O5/c1-21(2,3)36-20(33)30-10-15-16(11-30)27-19(35-14-23(13-29(5)6)12-24(23,25)26)28-17(15)31-9-7-8-22(4,34)18(31)32/h18,32,34H,7-14H2,1-6H3/t18-,22?,23-/m1/s1. The van der Waals surface area contributed by atoms with Gasteiger partial charge < -0.3 is 29.5 Å². The number of hydrogen-bond donors (Lipinski definition) is 2. The Bertz CT molecular complexity index is 1020. The number of halogens is 2. The van der Waals surface area contributed by atoms with E-state index in [4.69, 9.17) is 9.47 Å². The molecule has 2 fully saturated rings. The van der Waals surface area contributed by atoms with Gasteiger partial charge >= 0.3 is 12.1 Å². The first kappa shape index (κ1) is 26.7. The molecule has 10 nitrogen and oxygen atoms in total. The van der Waals surface area contributed by atoms with Gasteiger partial charge in [-0.2, -0.15) is 9.97 Å². The summed E-state index contributed by atoms with van der Waals surface area (Å²) in [7, 11) is 3.46. The Labute approximate surface area is 210 Å². The maximum Gasteiger partial charge on any atom is 0.410 e. The number of carbonyl (C=O) groups is 1. The van der Waals surface area contributed by atoms with Crippen LogP contribution in [0, 0.1) is 5.41 Å². The van der Waals surface area contributed by atoms with Gasteiger partial charge in [0.15, 0.2) is 6.23 Å². The monoisotopic (exact) mass is 513 g/mol. The van der Waals surface area contributed by atoms with Crippen molar-refractivity contribution < 1.29 is 33.3 Å². The largest absolute Gasteiger partial charge is 0.463 e. The second-order valence-electron chi connectivity index (χ2n) is 11.8. The molecule has 0 radical (unpaired) electrons. The van der Waals surface area contributed by atoms with Crippen LogP contribution in [0.15, 0.2) is 0 Å². The zero-order chi connectivity index (χ0) is 26.7. The minimum absolute atomic E-state index is 0.104. The summed E-state index contributed by atoms with van der Waals surface area (Å²) in [6.07, 6.45) is -1.04. The van der Waals surface area contributed by atoms with E-state index in [0.29, 0.717) is 36.5 Å². The Morgan fingerprint density at radius 2 is 1.92 bits per heavy atom. The third-order valence-electron chi connectivity index (χ3n) is 6.90. The molecule has 2 N–H and O–H groups in total. The number of fused-ring (bicyclic) bond motifs is 1. The van der Waals surface area contributed by atoms with Crippen LogP contribution in [0.3, 0.4) is 0 Å². The van der Waals surface area contributed by atoms with Crippen LogP contribution in [0.2, 0.25) is 0 Å². The van der Waals surface area contributed by atoms with Crippen molar-refractivity contribution in [1.29, 1.82) is 0 Å². The van der Waals surface area contributed by atoms with E-state index in [0.717, 1.165) is 0 Å². The molecule has 0 aromatic carbocycles. The molecule has 3 atom stereocenters. The molecular weight excluding hydrogens is 476 g/mol. The van der Waals surface area contributed by atoms with Gasteiger partial charge in [0.1, 0.15) is 23.6 Å². The molecule has 1 aromatic rings. The van der Waals surface area contributed by atoms with Crippen molar-refractivity contribution >= 4 is 11.9 Å². The third kappa shape index (κ3) is 5.21. The van der Waals surface area contributed by atoms with Gasteiger partial charge in [-0.3, -0.25) is 4.90 Å². The van der Waals surface area contributed by atoms with E-state index < -0.39 is 34.9 Å². The first-order valence-electron chi connectivity index (χ1n) is 12.2. The van der Waals surface area contributed by atoms with Gasteiger partial charge in [-0.05, 0) is 54.6 Å². The topological polar surface area (TPSA) is 111 Å². The molecule has 1 aromatic heterocycles. The molecule has 1 amide bonds. The molecule has 0 spiro atoms. The molecule has 36 heavy (non-hydrogen) atoms. The molecule has 1 unspecified atom stereocenters. The van der Waals surface area contributed by atoms with E-state index >= 15 is 0 Å². The fourth-order valence-corrected chi connectivity index (χ4v) is 4.95. The minimum Gasteiger partial charge on any atom is -0.463 e. The van der Waals surface area contributed by atoms with Gasteiger partial charge in [-0.25, -0.2) is 13.6 Å². The van der Waals surface area contributed by atoms with Crippen LogP contribution in [0.4, 0.5) is 19.4 Å².